The van der Waals surface area contributed by atoms with Gasteiger partial charge in [0.1, 0.15) is 10.6 Å². The minimum absolute atomic E-state index is 0.0133. The Bertz CT molecular complexity index is 1300. The number of hydrogen-bond donors (Lipinski definition) is 0. The average Bonchev–Trinajstić information content (AvgIpc) is 2.98. The Kier molecular flexibility index (Phi) is 6.45. The molecule has 2 aromatic carbocycles. The fourth-order valence-electron chi connectivity index (χ4n) is 3.78. The van der Waals surface area contributed by atoms with Crippen LogP contribution in [0.15, 0.2) is 46.2 Å². The molecular weight excluding hydrogens is 492 g/mol. The molecule has 33 heavy (non-hydrogen) atoms. The van der Waals surface area contributed by atoms with Gasteiger partial charge in [-0.05, 0) is 35.7 Å². The van der Waals surface area contributed by atoms with Crippen molar-refractivity contribution in [1.82, 2.24) is 8.61 Å². The van der Waals surface area contributed by atoms with Gasteiger partial charge in [-0.25, -0.2) is 16.8 Å². The third-order valence-corrected chi connectivity index (χ3v) is 9.47. The Hall–Kier alpha value is -2.18. The molecule has 0 bridgehead atoms. The zero-order valence-corrected chi connectivity index (χ0v) is 20.4. The number of amides is 1. The number of sulfonamides is 2. The van der Waals surface area contributed by atoms with Crippen LogP contribution in [0.3, 0.4) is 0 Å². The van der Waals surface area contributed by atoms with Gasteiger partial charge in [-0.1, -0.05) is 37.6 Å². The number of halogens is 1. The fourth-order valence-corrected chi connectivity index (χ4v) is 6.96. The first-order valence-electron chi connectivity index (χ1n) is 10.3. The highest BCUT2D eigenvalue weighted by molar-refractivity contribution is 7.90. The Labute approximate surface area is 197 Å². The fraction of sp³-hybridized carbons (Fsp3) is 0.381. The van der Waals surface area contributed by atoms with Crippen LogP contribution in [0.4, 0.5) is 0 Å². The molecule has 0 saturated carbocycles. The number of morpholine rings is 1. The van der Waals surface area contributed by atoms with Crippen molar-refractivity contribution in [2.45, 2.75) is 29.6 Å². The van der Waals surface area contributed by atoms with Gasteiger partial charge in [0.15, 0.2) is 6.73 Å². The molecule has 9 nitrogen and oxygen atoms in total. The van der Waals surface area contributed by atoms with Crippen LogP contribution in [0.5, 0.6) is 5.75 Å². The summed E-state index contributed by atoms with van der Waals surface area (Å²) in [6.45, 7) is 4.27. The summed E-state index contributed by atoms with van der Waals surface area (Å²) >= 11 is 6.24. The van der Waals surface area contributed by atoms with E-state index < -0.39 is 32.7 Å². The third-order valence-electron chi connectivity index (χ3n) is 5.54. The van der Waals surface area contributed by atoms with Crippen molar-refractivity contribution < 1.29 is 31.1 Å². The number of fused-ring (bicyclic) bond motifs is 1. The summed E-state index contributed by atoms with van der Waals surface area (Å²) in [5.41, 5.74) is 0.786. The molecule has 1 fully saturated rings. The number of nitrogens with zero attached hydrogens (tertiary/aromatic N) is 2. The van der Waals surface area contributed by atoms with Gasteiger partial charge in [0.05, 0.1) is 28.7 Å². The highest BCUT2D eigenvalue weighted by atomic mass is 35.5. The minimum atomic E-state index is -4.08. The lowest BCUT2D eigenvalue weighted by Crippen LogP contribution is -2.40. The second-order valence-electron chi connectivity index (χ2n) is 7.92. The van der Waals surface area contributed by atoms with E-state index in [1.807, 2.05) is 13.8 Å². The van der Waals surface area contributed by atoms with E-state index in [1.54, 1.807) is 12.1 Å². The molecule has 12 heteroatoms. The molecule has 1 saturated heterocycles. The van der Waals surface area contributed by atoms with E-state index in [4.69, 9.17) is 21.1 Å². The zero-order chi connectivity index (χ0) is 24.0. The lowest BCUT2D eigenvalue weighted by molar-refractivity contribution is 0.0730. The number of carbonyl (C=O) groups excluding carboxylic acids is 1. The highest BCUT2D eigenvalue weighted by Crippen LogP contribution is 2.36. The molecule has 0 aromatic heterocycles. The van der Waals surface area contributed by atoms with E-state index in [9.17, 15) is 21.6 Å². The number of benzene rings is 2. The molecule has 0 N–H and O–H groups in total. The molecule has 4 rings (SSSR count). The maximum atomic E-state index is 12.9. The maximum Gasteiger partial charge on any atom is 0.272 e. The van der Waals surface area contributed by atoms with Crippen LogP contribution in [-0.2, 0) is 24.8 Å². The normalized spacial score (nSPS) is 18.5. The molecular formula is C21H23ClN2O7S2. The van der Waals surface area contributed by atoms with Crippen LogP contribution in [0.2, 0.25) is 5.02 Å². The standard InChI is InChI=1S/C21H23ClN2O7S2/c1-14(2)16-4-3-5-19-20(16)21(25)24(33(19,28)29)13-31-18-7-6-15(12-17(18)22)32(26,27)23-8-10-30-11-9-23/h3-7,12,14H,8-11,13H2,1-2H3. The van der Waals surface area contributed by atoms with Crippen LogP contribution < -0.4 is 4.74 Å². The van der Waals surface area contributed by atoms with Crippen molar-refractivity contribution in [3.63, 3.8) is 0 Å². The van der Waals surface area contributed by atoms with E-state index in [2.05, 4.69) is 0 Å². The summed E-state index contributed by atoms with van der Waals surface area (Å²) in [6.07, 6.45) is 0. The Morgan fingerprint density at radius 3 is 2.48 bits per heavy atom. The predicted octanol–water partition coefficient (Wildman–Crippen LogP) is 2.67. The minimum Gasteiger partial charge on any atom is -0.470 e. The molecule has 0 atom stereocenters. The van der Waals surface area contributed by atoms with Crippen molar-refractivity contribution in [2.75, 3.05) is 33.0 Å². The summed E-state index contributed by atoms with van der Waals surface area (Å²) in [5, 5.41) is -0.0197. The quantitative estimate of drug-likeness (QED) is 0.582. The van der Waals surface area contributed by atoms with Crippen LogP contribution >= 0.6 is 11.6 Å². The lowest BCUT2D eigenvalue weighted by Gasteiger charge is -2.26. The van der Waals surface area contributed by atoms with E-state index in [0.717, 1.165) is 0 Å². The number of ether oxygens (including phenoxy) is 2. The van der Waals surface area contributed by atoms with E-state index >= 15 is 0 Å². The molecule has 2 aromatic rings. The van der Waals surface area contributed by atoms with E-state index in [1.165, 1.54) is 28.6 Å². The molecule has 178 valence electrons. The van der Waals surface area contributed by atoms with E-state index in [0.29, 0.717) is 23.1 Å². The monoisotopic (exact) mass is 514 g/mol. The smallest absolute Gasteiger partial charge is 0.272 e. The van der Waals surface area contributed by atoms with Gasteiger partial charge in [-0.2, -0.15) is 8.61 Å². The van der Waals surface area contributed by atoms with Crippen LogP contribution in [0, 0.1) is 0 Å². The summed E-state index contributed by atoms with van der Waals surface area (Å²) < 4.78 is 64.1. The molecule has 2 aliphatic rings. The summed E-state index contributed by atoms with van der Waals surface area (Å²) in [5.74, 6) is -0.659. The number of rotatable bonds is 6. The molecule has 0 radical (unpaired) electrons. The van der Waals surface area contributed by atoms with Gasteiger partial charge < -0.3 is 9.47 Å². The van der Waals surface area contributed by atoms with E-state index in [-0.39, 0.29) is 45.1 Å². The van der Waals surface area contributed by atoms with Gasteiger partial charge >= 0.3 is 0 Å². The highest BCUT2D eigenvalue weighted by Gasteiger charge is 2.43. The first-order valence-corrected chi connectivity index (χ1v) is 13.5. The number of carbonyl (C=O) groups is 1. The van der Waals surface area contributed by atoms with Gasteiger partial charge in [0, 0.05) is 13.1 Å². The summed E-state index contributed by atoms with van der Waals surface area (Å²) in [7, 11) is -7.83. The Balaban J connectivity index is 1.55. The SMILES string of the molecule is CC(C)c1cccc2c1C(=O)N(COc1ccc(S(=O)(=O)N3CCOCC3)cc1Cl)S2(=O)=O. The molecule has 0 unspecified atom stereocenters. The second kappa shape index (κ2) is 8.88. The average molecular weight is 515 g/mol. The first kappa shape index (κ1) is 24.0. The van der Waals surface area contributed by atoms with Gasteiger partial charge in [0.25, 0.3) is 15.9 Å². The lowest BCUT2D eigenvalue weighted by atomic mass is 9.97. The van der Waals surface area contributed by atoms with Crippen molar-refractivity contribution in [3.05, 3.63) is 52.5 Å². The Morgan fingerprint density at radius 1 is 1.15 bits per heavy atom. The number of hydrogen-bond acceptors (Lipinski definition) is 7. The zero-order valence-electron chi connectivity index (χ0n) is 18.0. The van der Waals surface area contributed by atoms with Gasteiger partial charge in [-0.15, -0.1) is 0 Å². The summed E-state index contributed by atoms with van der Waals surface area (Å²) in [4.78, 5) is 12.9. The van der Waals surface area contributed by atoms with Gasteiger partial charge in [0.2, 0.25) is 10.0 Å². The molecule has 2 heterocycles. The van der Waals surface area contributed by atoms with Crippen molar-refractivity contribution in [1.29, 1.82) is 0 Å². The van der Waals surface area contributed by atoms with Crippen molar-refractivity contribution in [2.24, 2.45) is 0 Å². The Morgan fingerprint density at radius 2 is 1.85 bits per heavy atom. The van der Waals surface area contributed by atoms with Crippen LogP contribution in [0.25, 0.3) is 0 Å². The van der Waals surface area contributed by atoms with Gasteiger partial charge in [-0.3, -0.25) is 4.79 Å². The van der Waals surface area contributed by atoms with Crippen LogP contribution in [-0.4, -0.2) is 64.4 Å². The second-order valence-corrected chi connectivity index (χ2v) is 12.1. The largest absolute Gasteiger partial charge is 0.470 e. The third kappa shape index (κ3) is 4.24. The molecule has 2 aliphatic heterocycles. The van der Waals surface area contributed by atoms with Crippen molar-refractivity contribution in [3.8, 4) is 5.75 Å². The van der Waals surface area contributed by atoms with Crippen molar-refractivity contribution >= 4 is 37.6 Å². The first-order chi connectivity index (χ1) is 15.5. The molecule has 0 spiro atoms. The molecule has 1 amide bonds. The van der Waals surface area contributed by atoms with Crippen LogP contribution in [0.1, 0.15) is 35.7 Å². The predicted molar refractivity (Wildman–Crippen MR) is 120 cm³/mol. The maximum absolute atomic E-state index is 12.9. The topological polar surface area (TPSA) is 110 Å². The molecule has 0 aliphatic carbocycles. The summed E-state index contributed by atoms with van der Waals surface area (Å²) in [6, 6.07) is 8.65.